The van der Waals surface area contributed by atoms with Crippen LogP contribution in [0, 0.1) is 0 Å². The van der Waals surface area contributed by atoms with Gasteiger partial charge in [0.1, 0.15) is 11.6 Å². The quantitative estimate of drug-likeness (QED) is 0.830. The Balaban J connectivity index is 1.89. The second-order valence-corrected chi connectivity index (χ2v) is 5.77. The Morgan fingerprint density at radius 3 is 2.61 bits per heavy atom. The highest BCUT2D eigenvalue weighted by Gasteiger charge is 2.15. The number of rotatable bonds is 6. The number of anilines is 2. The number of ether oxygens (including phenoxy) is 1. The number of methoxy groups -OCH3 is 1. The number of hydrogen-bond donors (Lipinski definition) is 1. The average molecular weight is 312 g/mol. The van der Waals surface area contributed by atoms with Gasteiger partial charge in [-0.15, -0.1) is 0 Å². The lowest BCUT2D eigenvalue weighted by Crippen LogP contribution is -2.30. The molecule has 2 heterocycles. The maximum absolute atomic E-state index is 5.11. The minimum absolute atomic E-state index is 0.656. The Hall–Kier alpha value is -2.14. The third-order valence-electron chi connectivity index (χ3n) is 4.04. The van der Waals surface area contributed by atoms with E-state index in [2.05, 4.69) is 15.2 Å². The summed E-state index contributed by atoms with van der Waals surface area (Å²) in [6, 6.07) is 12.2. The Morgan fingerprint density at radius 1 is 1.09 bits per heavy atom. The molecule has 0 atom stereocenters. The Morgan fingerprint density at radius 2 is 1.87 bits per heavy atom. The molecule has 1 saturated heterocycles. The largest absolute Gasteiger partial charge is 0.383 e. The van der Waals surface area contributed by atoms with Crippen LogP contribution in [0.3, 0.4) is 0 Å². The number of nitrogens with zero attached hydrogens (tertiary/aromatic N) is 3. The summed E-state index contributed by atoms with van der Waals surface area (Å²) in [5.74, 6) is 2.64. The molecular formula is C18H24N4O. The van der Waals surface area contributed by atoms with Gasteiger partial charge in [0.15, 0.2) is 5.82 Å². The molecule has 0 radical (unpaired) electrons. The maximum Gasteiger partial charge on any atom is 0.163 e. The van der Waals surface area contributed by atoms with Gasteiger partial charge in [0.25, 0.3) is 0 Å². The number of piperidine rings is 1. The van der Waals surface area contributed by atoms with Crippen LogP contribution in [0.25, 0.3) is 11.4 Å². The lowest BCUT2D eigenvalue weighted by molar-refractivity contribution is 0.210. The highest BCUT2D eigenvalue weighted by atomic mass is 16.5. The van der Waals surface area contributed by atoms with Gasteiger partial charge in [0.05, 0.1) is 6.61 Å². The van der Waals surface area contributed by atoms with Crippen molar-refractivity contribution < 1.29 is 4.74 Å². The smallest absolute Gasteiger partial charge is 0.163 e. The fraction of sp³-hybridized carbons (Fsp3) is 0.444. The zero-order chi connectivity index (χ0) is 15.9. The van der Waals surface area contributed by atoms with E-state index in [1.54, 1.807) is 7.11 Å². The van der Waals surface area contributed by atoms with E-state index in [1.807, 2.05) is 36.4 Å². The second kappa shape index (κ2) is 7.92. The normalized spacial score (nSPS) is 14.7. The van der Waals surface area contributed by atoms with Gasteiger partial charge in [0.2, 0.25) is 0 Å². The van der Waals surface area contributed by atoms with Crippen LogP contribution < -0.4 is 10.2 Å². The first-order chi connectivity index (χ1) is 11.4. The number of nitrogens with one attached hydrogen (secondary N) is 1. The van der Waals surface area contributed by atoms with Gasteiger partial charge >= 0.3 is 0 Å². The van der Waals surface area contributed by atoms with E-state index in [9.17, 15) is 0 Å². The van der Waals surface area contributed by atoms with Crippen molar-refractivity contribution in [3.63, 3.8) is 0 Å². The minimum Gasteiger partial charge on any atom is -0.383 e. The van der Waals surface area contributed by atoms with Gasteiger partial charge in [0, 0.05) is 38.4 Å². The van der Waals surface area contributed by atoms with Crippen molar-refractivity contribution in [2.45, 2.75) is 19.3 Å². The molecule has 0 aliphatic carbocycles. The van der Waals surface area contributed by atoms with Gasteiger partial charge in [-0.3, -0.25) is 0 Å². The maximum atomic E-state index is 5.11. The first-order valence-electron chi connectivity index (χ1n) is 8.29. The Kier molecular flexibility index (Phi) is 5.42. The molecule has 1 aromatic heterocycles. The van der Waals surface area contributed by atoms with E-state index in [1.165, 1.54) is 19.3 Å². The van der Waals surface area contributed by atoms with Crippen LogP contribution in [0.2, 0.25) is 0 Å². The van der Waals surface area contributed by atoms with Crippen molar-refractivity contribution >= 4 is 11.6 Å². The van der Waals surface area contributed by atoms with Gasteiger partial charge < -0.3 is 15.0 Å². The predicted octanol–water partition coefficient (Wildman–Crippen LogP) is 3.19. The molecule has 122 valence electrons. The summed E-state index contributed by atoms with van der Waals surface area (Å²) in [6.07, 6.45) is 3.78. The third-order valence-corrected chi connectivity index (χ3v) is 4.04. The topological polar surface area (TPSA) is 50.3 Å². The van der Waals surface area contributed by atoms with Gasteiger partial charge in [-0.05, 0) is 19.3 Å². The molecule has 0 unspecified atom stereocenters. The molecule has 1 aliphatic rings. The molecule has 0 spiro atoms. The van der Waals surface area contributed by atoms with Crippen molar-refractivity contribution in [2.75, 3.05) is 43.6 Å². The number of benzene rings is 1. The fourth-order valence-electron chi connectivity index (χ4n) is 2.81. The summed E-state index contributed by atoms with van der Waals surface area (Å²) in [5.41, 5.74) is 1.04. The number of aromatic nitrogens is 2. The molecule has 2 aromatic rings. The van der Waals surface area contributed by atoms with E-state index in [4.69, 9.17) is 9.72 Å². The van der Waals surface area contributed by atoms with Crippen molar-refractivity contribution in [3.8, 4) is 11.4 Å². The van der Waals surface area contributed by atoms with Crippen molar-refractivity contribution in [1.82, 2.24) is 9.97 Å². The van der Waals surface area contributed by atoms with Crippen LogP contribution in [0.5, 0.6) is 0 Å². The molecule has 1 aromatic carbocycles. The SMILES string of the molecule is COCCNc1cc(N2CCCCC2)nc(-c2ccccc2)n1. The van der Waals surface area contributed by atoms with Crippen molar-refractivity contribution in [3.05, 3.63) is 36.4 Å². The second-order valence-electron chi connectivity index (χ2n) is 5.77. The van der Waals surface area contributed by atoms with Crippen LogP contribution >= 0.6 is 0 Å². The summed E-state index contributed by atoms with van der Waals surface area (Å²) in [7, 11) is 1.70. The molecule has 0 saturated carbocycles. The first-order valence-corrected chi connectivity index (χ1v) is 8.29. The third kappa shape index (κ3) is 4.20. The monoisotopic (exact) mass is 312 g/mol. The predicted molar refractivity (Wildman–Crippen MR) is 93.9 cm³/mol. The van der Waals surface area contributed by atoms with Gasteiger partial charge in [-0.1, -0.05) is 30.3 Å². The minimum atomic E-state index is 0.656. The van der Waals surface area contributed by atoms with E-state index < -0.39 is 0 Å². The number of hydrogen-bond acceptors (Lipinski definition) is 5. The van der Waals surface area contributed by atoms with Crippen LogP contribution in [0.15, 0.2) is 36.4 Å². The zero-order valence-corrected chi connectivity index (χ0v) is 13.7. The van der Waals surface area contributed by atoms with E-state index in [0.29, 0.717) is 6.61 Å². The van der Waals surface area contributed by atoms with Crippen molar-refractivity contribution in [1.29, 1.82) is 0 Å². The van der Waals surface area contributed by atoms with Gasteiger partial charge in [-0.2, -0.15) is 0 Å². The highest BCUT2D eigenvalue weighted by molar-refractivity contribution is 5.61. The van der Waals surface area contributed by atoms with Crippen LogP contribution in [0.4, 0.5) is 11.6 Å². The summed E-state index contributed by atoms with van der Waals surface area (Å²) >= 11 is 0. The molecule has 5 nitrogen and oxygen atoms in total. The summed E-state index contributed by atoms with van der Waals surface area (Å²) in [5, 5.41) is 3.33. The van der Waals surface area contributed by atoms with Crippen LogP contribution in [0.1, 0.15) is 19.3 Å². The zero-order valence-electron chi connectivity index (χ0n) is 13.7. The van der Waals surface area contributed by atoms with E-state index in [0.717, 1.165) is 42.7 Å². The first kappa shape index (κ1) is 15.7. The van der Waals surface area contributed by atoms with E-state index in [-0.39, 0.29) is 0 Å². The molecule has 1 N–H and O–H groups in total. The van der Waals surface area contributed by atoms with Gasteiger partial charge in [-0.25, -0.2) is 9.97 Å². The average Bonchev–Trinajstić information content (AvgIpc) is 2.63. The summed E-state index contributed by atoms with van der Waals surface area (Å²) < 4.78 is 5.11. The molecule has 1 aliphatic heterocycles. The molecule has 5 heteroatoms. The summed E-state index contributed by atoms with van der Waals surface area (Å²) in [6.45, 7) is 3.54. The fourth-order valence-corrected chi connectivity index (χ4v) is 2.81. The van der Waals surface area contributed by atoms with Crippen LogP contribution in [-0.4, -0.2) is 43.3 Å². The molecular weight excluding hydrogens is 288 g/mol. The highest BCUT2D eigenvalue weighted by Crippen LogP contribution is 2.24. The summed E-state index contributed by atoms with van der Waals surface area (Å²) in [4.78, 5) is 11.8. The van der Waals surface area contributed by atoms with Crippen molar-refractivity contribution in [2.24, 2.45) is 0 Å². The Bertz CT molecular complexity index is 612. The van der Waals surface area contributed by atoms with E-state index >= 15 is 0 Å². The standard InChI is InChI=1S/C18H24N4O/c1-23-13-10-19-16-14-17(22-11-6-3-7-12-22)21-18(20-16)15-8-4-2-5-9-15/h2,4-5,8-9,14H,3,6-7,10-13H2,1H3,(H,19,20,21). The Labute approximate surface area is 137 Å². The lowest BCUT2D eigenvalue weighted by atomic mass is 10.1. The molecule has 1 fully saturated rings. The molecule has 3 rings (SSSR count). The molecule has 23 heavy (non-hydrogen) atoms. The molecule has 0 bridgehead atoms. The van der Waals surface area contributed by atoms with Crippen LogP contribution in [-0.2, 0) is 4.74 Å². The molecule has 0 amide bonds. The lowest BCUT2D eigenvalue weighted by Gasteiger charge is -2.28.